The summed E-state index contributed by atoms with van der Waals surface area (Å²) in [6, 6.07) is 0. The largest absolute Gasteiger partial charge is 0.481 e. The highest BCUT2D eigenvalue weighted by Gasteiger charge is 2.66. The minimum absolute atomic E-state index is 0.0969. The van der Waals surface area contributed by atoms with Gasteiger partial charge in [-0.1, -0.05) is 26.0 Å². The lowest BCUT2D eigenvalue weighted by Gasteiger charge is -2.17. The summed E-state index contributed by atoms with van der Waals surface area (Å²) < 4.78 is 0. The molecule has 4 nitrogen and oxygen atoms in total. The van der Waals surface area contributed by atoms with Crippen LogP contribution in [-0.2, 0) is 9.59 Å². The first-order valence-electron chi connectivity index (χ1n) is 5.31. The Balaban J connectivity index is 2.70. The van der Waals surface area contributed by atoms with E-state index in [1.807, 2.05) is 20.8 Å². The van der Waals surface area contributed by atoms with Crippen LogP contribution < -0.4 is 0 Å². The number of nitrogens with zero attached hydrogens (tertiary/aromatic N) is 1. The zero-order valence-corrected chi connectivity index (χ0v) is 10.3. The van der Waals surface area contributed by atoms with Crippen molar-refractivity contribution < 1.29 is 14.7 Å². The lowest BCUT2D eigenvalue weighted by Crippen LogP contribution is -2.31. The van der Waals surface area contributed by atoms with Gasteiger partial charge in [-0.15, -0.1) is 0 Å². The Kier molecular flexibility index (Phi) is 3.13. The van der Waals surface area contributed by atoms with Crippen molar-refractivity contribution in [2.45, 2.75) is 20.8 Å². The Labute approximate surface area is 95.9 Å². The van der Waals surface area contributed by atoms with Crippen molar-refractivity contribution >= 4 is 11.9 Å². The minimum Gasteiger partial charge on any atom is -0.481 e. The molecule has 90 valence electrons. The summed E-state index contributed by atoms with van der Waals surface area (Å²) in [5, 5.41) is 8.98. The van der Waals surface area contributed by atoms with Gasteiger partial charge in [-0.25, -0.2) is 0 Å². The summed E-state index contributed by atoms with van der Waals surface area (Å²) in [4.78, 5) is 24.5. The molecule has 1 rings (SSSR count). The van der Waals surface area contributed by atoms with Gasteiger partial charge in [-0.2, -0.15) is 0 Å². The number of hydrogen-bond donors (Lipinski definition) is 1. The highest BCUT2D eigenvalue weighted by Crippen LogP contribution is 2.58. The Hall–Kier alpha value is -1.32. The number of carbonyl (C=O) groups is 2. The van der Waals surface area contributed by atoms with E-state index in [0.717, 1.165) is 5.57 Å². The first kappa shape index (κ1) is 12.7. The summed E-state index contributed by atoms with van der Waals surface area (Å²) in [6.07, 6.45) is 0. The van der Waals surface area contributed by atoms with Crippen LogP contribution in [0.25, 0.3) is 0 Å². The maximum atomic E-state index is 12.0. The van der Waals surface area contributed by atoms with Crippen LogP contribution in [0, 0.1) is 17.3 Å². The molecule has 0 aromatic rings. The van der Waals surface area contributed by atoms with Crippen LogP contribution in [0.4, 0.5) is 0 Å². The molecule has 4 heteroatoms. The molecular weight excluding hydrogens is 206 g/mol. The Morgan fingerprint density at radius 2 is 1.88 bits per heavy atom. The molecule has 1 N–H and O–H groups in total. The highest BCUT2D eigenvalue weighted by molar-refractivity contribution is 5.91. The number of carbonyl (C=O) groups excluding carboxylic acids is 1. The molecule has 16 heavy (non-hydrogen) atoms. The SMILES string of the molecule is C=C(C)CN(C)C(=O)[C@H]1[C@@H](C(=O)O)C1(C)C. The van der Waals surface area contributed by atoms with Crippen molar-refractivity contribution in [3.63, 3.8) is 0 Å². The summed E-state index contributed by atoms with van der Waals surface area (Å²) in [5.74, 6) is -1.92. The molecule has 1 fully saturated rings. The van der Waals surface area contributed by atoms with Crippen molar-refractivity contribution in [3.8, 4) is 0 Å². The lowest BCUT2D eigenvalue weighted by molar-refractivity contribution is -0.141. The highest BCUT2D eigenvalue weighted by atomic mass is 16.4. The molecular formula is C12H19NO3. The van der Waals surface area contributed by atoms with Gasteiger partial charge in [0.25, 0.3) is 0 Å². The van der Waals surface area contributed by atoms with Gasteiger partial charge >= 0.3 is 5.97 Å². The van der Waals surface area contributed by atoms with Gasteiger partial charge in [0.05, 0.1) is 11.8 Å². The molecule has 2 atom stereocenters. The Bertz CT molecular complexity index is 346. The fourth-order valence-corrected chi connectivity index (χ4v) is 2.28. The molecule has 0 aliphatic heterocycles. The molecule has 0 spiro atoms. The zero-order valence-electron chi connectivity index (χ0n) is 10.3. The minimum atomic E-state index is -0.882. The first-order valence-corrected chi connectivity index (χ1v) is 5.31. The van der Waals surface area contributed by atoms with Crippen LogP contribution in [0.3, 0.4) is 0 Å². The van der Waals surface area contributed by atoms with E-state index in [-0.39, 0.29) is 5.91 Å². The third-order valence-electron chi connectivity index (χ3n) is 3.24. The first-order chi connectivity index (χ1) is 7.19. The lowest BCUT2D eigenvalue weighted by atomic mass is 10.1. The predicted molar refractivity (Wildman–Crippen MR) is 60.8 cm³/mol. The molecule has 1 amide bonds. The van der Waals surface area contributed by atoms with Crippen molar-refractivity contribution in [1.82, 2.24) is 4.90 Å². The van der Waals surface area contributed by atoms with E-state index >= 15 is 0 Å². The third-order valence-corrected chi connectivity index (χ3v) is 3.24. The standard InChI is InChI=1S/C12H19NO3/c1-7(2)6-13(5)10(14)8-9(11(15)16)12(8,3)4/h8-9H,1,6H2,2-5H3,(H,15,16)/t8-,9+/m1/s1. The molecule has 0 aromatic heterocycles. The number of likely N-dealkylation sites (N-methyl/N-ethyl adjacent to an activating group) is 1. The van der Waals surface area contributed by atoms with Gasteiger partial charge in [0.2, 0.25) is 5.91 Å². The van der Waals surface area contributed by atoms with Crippen LogP contribution in [0.1, 0.15) is 20.8 Å². The van der Waals surface area contributed by atoms with Crippen molar-refractivity contribution in [1.29, 1.82) is 0 Å². The van der Waals surface area contributed by atoms with Crippen LogP contribution in [0.15, 0.2) is 12.2 Å². The second kappa shape index (κ2) is 3.92. The Morgan fingerprint density at radius 3 is 2.19 bits per heavy atom. The summed E-state index contributed by atoms with van der Waals surface area (Å²) in [5.41, 5.74) is 0.466. The Morgan fingerprint density at radius 1 is 1.38 bits per heavy atom. The van der Waals surface area contributed by atoms with Gasteiger partial charge in [0.15, 0.2) is 0 Å². The maximum absolute atomic E-state index is 12.0. The number of aliphatic carboxylic acids is 1. The van der Waals surface area contributed by atoms with Gasteiger partial charge in [0.1, 0.15) is 0 Å². The molecule has 0 heterocycles. The number of rotatable bonds is 4. The fraction of sp³-hybridized carbons (Fsp3) is 0.667. The van der Waals surface area contributed by atoms with E-state index < -0.39 is 23.2 Å². The normalized spacial score (nSPS) is 26.0. The predicted octanol–water partition coefficient (Wildman–Crippen LogP) is 1.38. The topological polar surface area (TPSA) is 57.6 Å². The summed E-state index contributed by atoms with van der Waals surface area (Å²) in [6.45, 7) is 9.71. The zero-order chi connectivity index (χ0) is 12.7. The van der Waals surface area contributed by atoms with Gasteiger partial charge in [-0.05, 0) is 12.3 Å². The number of carboxylic acid groups (broad SMARTS) is 1. The third kappa shape index (κ3) is 2.10. The smallest absolute Gasteiger partial charge is 0.307 e. The van der Waals surface area contributed by atoms with Gasteiger partial charge < -0.3 is 10.0 Å². The monoisotopic (exact) mass is 225 g/mol. The van der Waals surface area contributed by atoms with E-state index in [4.69, 9.17) is 5.11 Å². The fourth-order valence-electron chi connectivity index (χ4n) is 2.28. The molecule has 0 saturated heterocycles. The molecule has 1 saturated carbocycles. The molecule has 0 bridgehead atoms. The maximum Gasteiger partial charge on any atom is 0.307 e. The summed E-state index contributed by atoms with van der Waals surface area (Å²) in [7, 11) is 1.68. The van der Waals surface area contributed by atoms with Crippen LogP contribution >= 0.6 is 0 Å². The molecule has 0 radical (unpaired) electrons. The van der Waals surface area contributed by atoms with Crippen LogP contribution in [0.5, 0.6) is 0 Å². The second-order valence-electron chi connectivity index (χ2n) is 5.27. The van der Waals surface area contributed by atoms with Crippen molar-refractivity contribution in [2.24, 2.45) is 17.3 Å². The molecule has 1 aliphatic rings. The van der Waals surface area contributed by atoms with Crippen molar-refractivity contribution in [3.05, 3.63) is 12.2 Å². The average molecular weight is 225 g/mol. The van der Waals surface area contributed by atoms with E-state index in [2.05, 4.69) is 6.58 Å². The van der Waals surface area contributed by atoms with Crippen LogP contribution in [-0.4, -0.2) is 35.5 Å². The number of carboxylic acids is 1. The van der Waals surface area contributed by atoms with E-state index in [9.17, 15) is 9.59 Å². The molecule has 1 aliphatic carbocycles. The molecule has 0 unspecified atom stereocenters. The summed E-state index contributed by atoms with van der Waals surface area (Å²) >= 11 is 0. The number of hydrogen-bond acceptors (Lipinski definition) is 2. The quantitative estimate of drug-likeness (QED) is 0.735. The van der Waals surface area contributed by atoms with E-state index in [1.165, 1.54) is 0 Å². The van der Waals surface area contributed by atoms with E-state index in [1.54, 1.807) is 11.9 Å². The van der Waals surface area contributed by atoms with E-state index in [0.29, 0.717) is 6.54 Å². The van der Waals surface area contributed by atoms with Crippen LogP contribution in [0.2, 0.25) is 0 Å². The number of amides is 1. The second-order valence-corrected chi connectivity index (χ2v) is 5.27. The van der Waals surface area contributed by atoms with Gasteiger partial charge in [-0.3, -0.25) is 9.59 Å². The van der Waals surface area contributed by atoms with Gasteiger partial charge in [0, 0.05) is 13.6 Å². The van der Waals surface area contributed by atoms with Crippen molar-refractivity contribution in [2.75, 3.05) is 13.6 Å². The average Bonchev–Trinajstić information content (AvgIpc) is 2.66. The molecule has 0 aromatic carbocycles.